The van der Waals surface area contributed by atoms with Crippen LogP contribution in [0.15, 0.2) is 41.2 Å². The van der Waals surface area contributed by atoms with E-state index in [-0.39, 0.29) is 15.5 Å². The van der Waals surface area contributed by atoms with E-state index < -0.39 is 11.6 Å². The van der Waals surface area contributed by atoms with Crippen LogP contribution in [0.25, 0.3) is 31.1 Å². The predicted octanol–water partition coefficient (Wildman–Crippen LogP) is 4.67. The average molecular weight is 342 g/mol. The van der Waals surface area contributed by atoms with Gasteiger partial charge in [-0.15, -0.1) is 11.3 Å². The standard InChI is InChI=1S/C18H12F2N2OS/c1-2-21-18-17-14(10-5-3-4-6-13(10)22-18)15(23)11-7-9(19)8-12(20)16(11)24-17/h3-8H,2H2,1H3,(H,21,22). The van der Waals surface area contributed by atoms with Crippen molar-refractivity contribution < 1.29 is 8.78 Å². The quantitative estimate of drug-likeness (QED) is 0.425. The Bertz CT molecular complexity index is 1170. The minimum Gasteiger partial charge on any atom is -0.369 e. The summed E-state index contributed by atoms with van der Waals surface area (Å²) in [4.78, 5) is 17.5. The minimum atomic E-state index is -0.756. The molecule has 2 aromatic carbocycles. The van der Waals surface area contributed by atoms with Crippen molar-refractivity contribution in [1.82, 2.24) is 4.98 Å². The third-order valence-electron chi connectivity index (χ3n) is 3.88. The zero-order valence-electron chi connectivity index (χ0n) is 12.7. The Hall–Kier alpha value is -2.60. The number of anilines is 1. The summed E-state index contributed by atoms with van der Waals surface area (Å²) in [6, 6.07) is 9.17. The zero-order valence-corrected chi connectivity index (χ0v) is 13.5. The summed E-state index contributed by atoms with van der Waals surface area (Å²) in [6.07, 6.45) is 0. The Morgan fingerprint density at radius 1 is 1.12 bits per heavy atom. The van der Waals surface area contributed by atoms with E-state index in [4.69, 9.17) is 0 Å². The molecule has 0 radical (unpaired) electrons. The Morgan fingerprint density at radius 3 is 2.71 bits per heavy atom. The SMILES string of the molecule is CCNc1nc2ccccc2c2c(=O)c3cc(F)cc(F)c3sc12. The van der Waals surface area contributed by atoms with E-state index in [1.165, 1.54) is 0 Å². The topological polar surface area (TPSA) is 42.0 Å². The summed E-state index contributed by atoms with van der Waals surface area (Å²) >= 11 is 1.12. The Kier molecular flexibility index (Phi) is 3.42. The van der Waals surface area contributed by atoms with Crippen LogP contribution in [0.3, 0.4) is 0 Å². The number of nitrogens with zero attached hydrogens (tertiary/aromatic N) is 1. The molecule has 0 unspecified atom stereocenters. The molecule has 0 amide bonds. The van der Waals surface area contributed by atoms with Gasteiger partial charge in [-0.25, -0.2) is 13.8 Å². The number of rotatable bonds is 2. The van der Waals surface area contributed by atoms with Gasteiger partial charge in [-0.2, -0.15) is 0 Å². The summed E-state index contributed by atoms with van der Waals surface area (Å²) < 4.78 is 28.5. The molecule has 2 heterocycles. The second-order valence-electron chi connectivity index (χ2n) is 5.41. The van der Waals surface area contributed by atoms with Gasteiger partial charge in [-0.1, -0.05) is 18.2 Å². The highest BCUT2D eigenvalue weighted by atomic mass is 32.1. The zero-order chi connectivity index (χ0) is 16.8. The number of fused-ring (bicyclic) bond motifs is 4. The summed E-state index contributed by atoms with van der Waals surface area (Å²) in [7, 11) is 0. The van der Waals surface area contributed by atoms with Crippen molar-refractivity contribution in [3.63, 3.8) is 0 Å². The van der Waals surface area contributed by atoms with Gasteiger partial charge in [0.1, 0.15) is 17.5 Å². The van der Waals surface area contributed by atoms with Gasteiger partial charge in [0.15, 0.2) is 5.43 Å². The van der Waals surface area contributed by atoms with Crippen molar-refractivity contribution in [2.45, 2.75) is 6.92 Å². The molecule has 0 atom stereocenters. The molecule has 0 saturated heterocycles. The van der Waals surface area contributed by atoms with Crippen molar-refractivity contribution in [2.75, 3.05) is 11.9 Å². The van der Waals surface area contributed by atoms with E-state index in [1.807, 2.05) is 25.1 Å². The highest BCUT2D eigenvalue weighted by Crippen LogP contribution is 2.35. The first-order valence-electron chi connectivity index (χ1n) is 7.48. The van der Waals surface area contributed by atoms with Gasteiger partial charge in [-0.05, 0) is 19.1 Å². The van der Waals surface area contributed by atoms with E-state index >= 15 is 0 Å². The molecule has 120 valence electrons. The van der Waals surface area contributed by atoms with Crippen LogP contribution in [0.1, 0.15) is 6.92 Å². The molecule has 0 aliphatic carbocycles. The van der Waals surface area contributed by atoms with Gasteiger partial charge in [0, 0.05) is 23.4 Å². The molecule has 0 bridgehead atoms. The van der Waals surface area contributed by atoms with E-state index in [0.717, 1.165) is 23.5 Å². The smallest absolute Gasteiger partial charge is 0.196 e. The lowest BCUT2D eigenvalue weighted by molar-refractivity contribution is 0.593. The maximum absolute atomic E-state index is 14.2. The van der Waals surface area contributed by atoms with Crippen LogP contribution in [-0.4, -0.2) is 11.5 Å². The second kappa shape index (κ2) is 5.49. The van der Waals surface area contributed by atoms with Crippen molar-refractivity contribution in [2.24, 2.45) is 0 Å². The summed E-state index contributed by atoms with van der Waals surface area (Å²) in [5, 5.41) is 4.31. The van der Waals surface area contributed by atoms with Crippen LogP contribution in [0.2, 0.25) is 0 Å². The van der Waals surface area contributed by atoms with E-state index in [0.29, 0.717) is 33.4 Å². The first-order valence-corrected chi connectivity index (χ1v) is 8.30. The van der Waals surface area contributed by atoms with Gasteiger partial charge >= 0.3 is 0 Å². The number of halogens is 2. The van der Waals surface area contributed by atoms with Crippen molar-refractivity contribution in [1.29, 1.82) is 0 Å². The lowest BCUT2D eigenvalue weighted by Gasteiger charge is -2.11. The van der Waals surface area contributed by atoms with Gasteiger partial charge in [0.05, 0.1) is 20.3 Å². The molecule has 4 aromatic rings. The van der Waals surface area contributed by atoms with Crippen LogP contribution in [0.5, 0.6) is 0 Å². The molecular formula is C18H12F2N2OS. The van der Waals surface area contributed by atoms with Crippen molar-refractivity contribution in [3.05, 3.63) is 58.3 Å². The third-order valence-corrected chi connectivity index (χ3v) is 5.10. The number of pyridine rings is 1. The first-order chi connectivity index (χ1) is 11.6. The Morgan fingerprint density at radius 2 is 1.92 bits per heavy atom. The van der Waals surface area contributed by atoms with E-state index in [9.17, 15) is 13.6 Å². The Labute approximate surface area is 139 Å². The van der Waals surface area contributed by atoms with Crippen LogP contribution >= 0.6 is 11.3 Å². The molecule has 2 aromatic heterocycles. The monoisotopic (exact) mass is 342 g/mol. The van der Waals surface area contributed by atoms with Crippen LogP contribution < -0.4 is 10.7 Å². The number of aromatic nitrogens is 1. The fourth-order valence-corrected chi connectivity index (χ4v) is 4.02. The van der Waals surface area contributed by atoms with Crippen LogP contribution in [0.4, 0.5) is 14.6 Å². The molecule has 0 fully saturated rings. The van der Waals surface area contributed by atoms with Gasteiger partial charge in [0.25, 0.3) is 0 Å². The molecule has 24 heavy (non-hydrogen) atoms. The maximum atomic E-state index is 14.2. The number of para-hydroxylation sites is 1. The van der Waals surface area contributed by atoms with Crippen LogP contribution in [-0.2, 0) is 0 Å². The fourth-order valence-electron chi connectivity index (χ4n) is 2.88. The minimum absolute atomic E-state index is 0.0591. The fraction of sp³-hybridized carbons (Fsp3) is 0.111. The predicted molar refractivity (Wildman–Crippen MR) is 95.0 cm³/mol. The lowest BCUT2D eigenvalue weighted by atomic mass is 10.1. The molecule has 0 spiro atoms. The number of nitrogens with one attached hydrogen (secondary N) is 1. The van der Waals surface area contributed by atoms with Gasteiger partial charge in [-0.3, -0.25) is 4.79 Å². The highest BCUT2D eigenvalue weighted by molar-refractivity contribution is 7.25. The normalized spacial score (nSPS) is 11.5. The molecule has 3 nitrogen and oxygen atoms in total. The molecule has 1 N–H and O–H groups in total. The number of hydrogen-bond donors (Lipinski definition) is 1. The largest absolute Gasteiger partial charge is 0.369 e. The van der Waals surface area contributed by atoms with Crippen LogP contribution in [0, 0.1) is 11.6 Å². The van der Waals surface area contributed by atoms with Crippen molar-refractivity contribution >= 4 is 48.2 Å². The summed E-state index contributed by atoms with van der Waals surface area (Å²) in [5.41, 5.74) is 0.288. The summed E-state index contributed by atoms with van der Waals surface area (Å²) in [5.74, 6) is -0.947. The number of benzene rings is 2. The first kappa shape index (κ1) is 15.0. The molecule has 6 heteroatoms. The highest BCUT2D eigenvalue weighted by Gasteiger charge is 2.17. The maximum Gasteiger partial charge on any atom is 0.196 e. The van der Waals surface area contributed by atoms with Gasteiger partial charge in [0.2, 0.25) is 0 Å². The molecule has 0 saturated carbocycles. The van der Waals surface area contributed by atoms with Gasteiger partial charge < -0.3 is 5.32 Å². The summed E-state index contributed by atoms with van der Waals surface area (Å²) in [6.45, 7) is 2.54. The number of hydrogen-bond acceptors (Lipinski definition) is 4. The average Bonchev–Trinajstić information content (AvgIpc) is 2.56. The molecule has 0 aliphatic heterocycles. The molecule has 0 aliphatic rings. The lowest BCUT2D eigenvalue weighted by Crippen LogP contribution is -2.07. The van der Waals surface area contributed by atoms with E-state index in [2.05, 4.69) is 10.3 Å². The molecule has 4 rings (SSSR count). The van der Waals surface area contributed by atoms with E-state index in [1.54, 1.807) is 6.07 Å². The second-order valence-corrected chi connectivity index (χ2v) is 6.43. The Balaban J connectivity index is 2.31. The third kappa shape index (κ3) is 2.14. The van der Waals surface area contributed by atoms with Crippen molar-refractivity contribution in [3.8, 4) is 0 Å². The molecular weight excluding hydrogens is 330 g/mol.